The summed E-state index contributed by atoms with van der Waals surface area (Å²) in [6.07, 6.45) is 1.99. The van der Waals surface area contributed by atoms with Crippen LogP contribution in [-0.2, 0) is 15.9 Å². The summed E-state index contributed by atoms with van der Waals surface area (Å²) in [5, 5.41) is 3.09. The molecule has 1 atom stereocenters. The largest absolute Gasteiger partial charge is 0.348 e. The maximum atomic E-state index is 14.8. The standard InChI is InChI=1S/C25H21F2N3O3S/c1-25(2)32-13-18(33-25)9-14-10-19(27)22(28-12-14)15-3-5-16(6-4-15)23(31)30-24-29-20-8-7-17(26)11-21(20)34-24/h3-8,10-12,18H,9,13H2,1-2H3,(H,29,30,31). The lowest BCUT2D eigenvalue weighted by Gasteiger charge is -2.17. The Kier molecular flexibility index (Phi) is 5.85. The van der Waals surface area contributed by atoms with Crippen LogP contribution in [0.5, 0.6) is 0 Å². The highest BCUT2D eigenvalue weighted by atomic mass is 32.1. The van der Waals surface area contributed by atoms with Gasteiger partial charge in [0.1, 0.15) is 17.3 Å². The van der Waals surface area contributed by atoms with Gasteiger partial charge < -0.3 is 9.47 Å². The molecule has 1 saturated heterocycles. The van der Waals surface area contributed by atoms with Crippen LogP contribution in [0.25, 0.3) is 21.5 Å². The molecule has 174 valence electrons. The number of ether oxygens (including phenoxy) is 2. The van der Waals surface area contributed by atoms with Gasteiger partial charge in [-0.15, -0.1) is 0 Å². The highest BCUT2D eigenvalue weighted by Gasteiger charge is 2.32. The number of hydrogen-bond acceptors (Lipinski definition) is 6. The third-order valence-electron chi connectivity index (χ3n) is 5.42. The van der Waals surface area contributed by atoms with Crippen molar-refractivity contribution in [2.24, 2.45) is 0 Å². The number of nitrogens with one attached hydrogen (secondary N) is 1. The van der Waals surface area contributed by atoms with Crippen molar-refractivity contribution in [1.29, 1.82) is 0 Å². The summed E-state index contributed by atoms with van der Waals surface area (Å²) in [4.78, 5) is 21.2. The van der Waals surface area contributed by atoms with Crippen molar-refractivity contribution in [1.82, 2.24) is 9.97 Å². The Bertz CT molecular complexity index is 1370. The lowest BCUT2D eigenvalue weighted by molar-refractivity contribution is -0.138. The van der Waals surface area contributed by atoms with E-state index in [0.29, 0.717) is 39.5 Å². The number of carbonyl (C=O) groups is 1. The topological polar surface area (TPSA) is 73.3 Å². The molecule has 1 N–H and O–H groups in total. The minimum atomic E-state index is -0.629. The van der Waals surface area contributed by atoms with Gasteiger partial charge in [0.2, 0.25) is 0 Å². The van der Waals surface area contributed by atoms with Crippen LogP contribution in [0.1, 0.15) is 29.8 Å². The Balaban J connectivity index is 1.27. The number of nitrogens with zero attached hydrogens (tertiary/aromatic N) is 2. The van der Waals surface area contributed by atoms with Crippen molar-refractivity contribution in [3.63, 3.8) is 0 Å². The number of hydrogen-bond donors (Lipinski definition) is 1. The van der Waals surface area contributed by atoms with Gasteiger partial charge in [-0.1, -0.05) is 23.5 Å². The van der Waals surface area contributed by atoms with Gasteiger partial charge in [-0.2, -0.15) is 0 Å². The van der Waals surface area contributed by atoms with E-state index in [2.05, 4.69) is 15.3 Å². The molecule has 0 aliphatic carbocycles. The monoisotopic (exact) mass is 481 g/mol. The number of anilines is 1. The normalized spacial score (nSPS) is 17.2. The number of aromatic nitrogens is 2. The molecule has 1 unspecified atom stereocenters. The number of benzene rings is 2. The van der Waals surface area contributed by atoms with Gasteiger partial charge in [-0.3, -0.25) is 15.1 Å². The van der Waals surface area contributed by atoms with Crippen LogP contribution in [0.2, 0.25) is 0 Å². The second-order valence-corrected chi connectivity index (χ2v) is 9.52. The van der Waals surface area contributed by atoms with E-state index in [0.717, 1.165) is 5.56 Å². The molecule has 34 heavy (non-hydrogen) atoms. The maximum Gasteiger partial charge on any atom is 0.257 e. The Morgan fingerprint density at radius 2 is 1.97 bits per heavy atom. The van der Waals surface area contributed by atoms with E-state index in [-0.39, 0.29) is 23.5 Å². The van der Waals surface area contributed by atoms with Gasteiger partial charge in [-0.05, 0) is 55.8 Å². The van der Waals surface area contributed by atoms with Crippen molar-refractivity contribution < 1.29 is 23.0 Å². The zero-order valence-corrected chi connectivity index (χ0v) is 19.3. The first-order chi connectivity index (χ1) is 16.3. The molecule has 1 amide bonds. The molecular weight excluding hydrogens is 460 g/mol. The quantitative estimate of drug-likeness (QED) is 0.403. The molecule has 0 spiro atoms. The number of fused-ring (bicyclic) bond motifs is 1. The van der Waals surface area contributed by atoms with Gasteiger partial charge in [-0.25, -0.2) is 13.8 Å². The molecule has 0 radical (unpaired) electrons. The molecule has 5 rings (SSSR count). The fourth-order valence-electron chi connectivity index (χ4n) is 3.83. The van der Waals surface area contributed by atoms with E-state index in [1.807, 2.05) is 13.8 Å². The SMILES string of the molecule is CC1(C)OCC(Cc2cnc(-c3ccc(C(=O)Nc4nc5ccc(F)cc5s4)cc3)c(F)c2)O1. The van der Waals surface area contributed by atoms with Crippen LogP contribution in [0, 0.1) is 11.6 Å². The summed E-state index contributed by atoms with van der Waals surface area (Å²) in [5.41, 5.74) is 2.47. The molecule has 2 aromatic heterocycles. The van der Waals surface area contributed by atoms with E-state index in [9.17, 15) is 13.6 Å². The molecule has 6 nitrogen and oxygen atoms in total. The number of amides is 1. The van der Waals surface area contributed by atoms with E-state index >= 15 is 0 Å². The van der Waals surface area contributed by atoms with Crippen LogP contribution in [0.3, 0.4) is 0 Å². The average molecular weight is 482 g/mol. The Morgan fingerprint density at radius 3 is 2.68 bits per heavy atom. The second kappa shape index (κ2) is 8.83. The van der Waals surface area contributed by atoms with E-state index in [1.54, 1.807) is 36.5 Å². The minimum absolute atomic E-state index is 0.144. The summed E-state index contributed by atoms with van der Waals surface area (Å²) in [5.74, 6) is -1.80. The van der Waals surface area contributed by atoms with Gasteiger partial charge >= 0.3 is 0 Å². The molecule has 0 saturated carbocycles. The van der Waals surface area contributed by atoms with Gasteiger partial charge in [0.05, 0.1) is 22.9 Å². The van der Waals surface area contributed by atoms with Crippen LogP contribution >= 0.6 is 11.3 Å². The average Bonchev–Trinajstić information content (AvgIpc) is 3.35. The van der Waals surface area contributed by atoms with E-state index in [1.165, 1.54) is 29.5 Å². The summed E-state index contributed by atoms with van der Waals surface area (Å²) in [7, 11) is 0. The number of halogens is 2. The van der Waals surface area contributed by atoms with Crippen molar-refractivity contribution in [2.75, 3.05) is 11.9 Å². The predicted molar refractivity (Wildman–Crippen MR) is 126 cm³/mol. The Morgan fingerprint density at radius 1 is 1.18 bits per heavy atom. The highest BCUT2D eigenvalue weighted by molar-refractivity contribution is 7.22. The molecule has 9 heteroatoms. The second-order valence-electron chi connectivity index (χ2n) is 8.49. The van der Waals surface area contributed by atoms with Crippen LogP contribution in [-0.4, -0.2) is 34.4 Å². The number of pyridine rings is 1. The molecular formula is C25H21F2N3O3S. The number of carbonyl (C=O) groups excluding carboxylic acids is 1. The summed E-state index contributed by atoms with van der Waals surface area (Å²) >= 11 is 1.19. The summed E-state index contributed by atoms with van der Waals surface area (Å²) in [6.45, 7) is 4.14. The van der Waals surface area contributed by atoms with Crippen LogP contribution in [0.15, 0.2) is 54.7 Å². The number of thiazole rings is 1. The van der Waals surface area contributed by atoms with E-state index in [4.69, 9.17) is 9.47 Å². The van der Waals surface area contributed by atoms with Crippen LogP contribution in [0.4, 0.5) is 13.9 Å². The predicted octanol–water partition coefficient (Wildman–Crippen LogP) is 5.58. The smallest absolute Gasteiger partial charge is 0.257 e. The van der Waals surface area contributed by atoms with Crippen molar-refractivity contribution in [3.05, 3.63) is 77.5 Å². The molecule has 2 aromatic carbocycles. The Labute approximate surface area is 198 Å². The lowest BCUT2D eigenvalue weighted by atomic mass is 10.1. The zero-order chi connectivity index (χ0) is 23.9. The summed E-state index contributed by atoms with van der Waals surface area (Å²) < 4.78 is 40.1. The molecule has 1 aliphatic rings. The van der Waals surface area contributed by atoms with Gasteiger partial charge in [0, 0.05) is 23.7 Å². The van der Waals surface area contributed by atoms with Gasteiger partial charge in [0.25, 0.3) is 5.91 Å². The molecule has 4 aromatic rings. The fraction of sp³-hybridized carbons (Fsp3) is 0.240. The first kappa shape index (κ1) is 22.5. The minimum Gasteiger partial charge on any atom is -0.348 e. The first-order valence-electron chi connectivity index (χ1n) is 10.7. The van der Waals surface area contributed by atoms with E-state index < -0.39 is 11.6 Å². The van der Waals surface area contributed by atoms with Gasteiger partial charge in [0.15, 0.2) is 10.9 Å². The lowest BCUT2D eigenvalue weighted by Crippen LogP contribution is -2.22. The van der Waals surface area contributed by atoms with Crippen molar-refractivity contribution >= 4 is 32.6 Å². The molecule has 1 fully saturated rings. The zero-order valence-electron chi connectivity index (χ0n) is 18.5. The summed E-state index contributed by atoms with van der Waals surface area (Å²) in [6, 6.07) is 12.2. The fourth-order valence-corrected chi connectivity index (χ4v) is 4.71. The maximum absolute atomic E-state index is 14.8. The highest BCUT2D eigenvalue weighted by Crippen LogP contribution is 2.28. The molecule has 0 bridgehead atoms. The third-order valence-corrected chi connectivity index (χ3v) is 6.35. The van der Waals surface area contributed by atoms with Crippen molar-refractivity contribution in [2.45, 2.75) is 32.2 Å². The molecule has 3 heterocycles. The van der Waals surface area contributed by atoms with Crippen LogP contribution < -0.4 is 5.32 Å². The van der Waals surface area contributed by atoms with Crippen molar-refractivity contribution in [3.8, 4) is 11.3 Å². The Hall–Kier alpha value is -3.27. The first-order valence-corrected chi connectivity index (χ1v) is 11.5. The number of rotatable bonds is 5. The third kappa shape index (κ3) is 4.82. The molecule has 1 aliphatic heterocycles.